The van der Waals surface area contributed by atoms with E-state index in [4.69, 9.17) is 5.11 Å². The highest BCUT2D eigenvalue weighted by atomic mass is 19.3. The summed E-state index contributed by atoms with van der Waals surface area (Å²) in [5.74, 6) is -1.14. The third-order valence-corrected chi connectivity index (χ3v) is 2.20. The SMILES string of the molecule is O=C(O)CCc1cccc([N+](=O)[O-])c1C(F)F. The number of carboxylic acids is 1. The molecule has 0 aliphatic heterocycles. The predicted molar refractivity (Wildman–Crippen MR) is 54.0 cm³/mol. The molecule has 0 heterocycles. The van der Waals surface area contributed by atoms with Crippen LogP contribution >= 0.6 is 0 Å². The smallest absolute Gasteiger partial charge is 0.303 e. The van der Waals surface area contributed by atoms with Crippen LogP contribution in [0.2, 0.25) is 0 Å². The number of hydrogen-bond donors (Lipinski definition) is 1. The number of carbonyl (C=O) groups is 1. The lowest BCUT2D eigenvalue weighted by atomic mass is 10.0. The maximum absolute atomic E-state index is 12.7. The number of nitrogens with zero attached hydrogens (tertiary/aromatic N) is 1. The number of carboxylic acid groups (broad SMARTS) is 1. The molecule has 7 heteroatoms. The fourth-order valence-corrected chi connectivity index (χ4v) is 1.47. The fraction of sp³-hybridized carbons (Fsp3) is 0.300. The Kier molecular flexibility index (Phi) is 4.08. The van der Waals surface area contributed by atoms with Gasteiger partial charge in [-0.25, -0.2) is 8.78 Å². The molecule has 0 saturated heterocycles. The van der Waals surface area contributed by atoms with Crippen molar-refractivity contribution in [2.75, 3.05) is 0 Å². The van der Waals surface area contributed by atoms with Gasteiger partial charge in [0, 0.05) is 12.5 Å². The molecule has 1 aromatic carbocycles. The van der Waals surface area contributed by atoms with Crippen LogP contribution in [0.15, 0.2) is 18.2 Å². The molecule has 0 aliphatic carbocycles. The fourth-order valence-electron chi connectivity index (χ4n) is 1.47. The number of nitro benzene ring substituents is 1. The molecule has 0 aliphatic rings. The first kappa shape index (κ1) is 13.0. The van der Waals surface area contributed by atoms with Gasteiger partial charge in [-0.15, -0.1) is 0 Å². The van der Waals surface area contributed by atoms with E-state index in [1.807, 2.05) is 0 Å². The Morgan fingerprint density at radius 1 is 1.47 bits per heavy atom. The quantitative estimate of drug-likeness (QED) is 0.638. The summed E-state index contributed by atoms with van der Waals surface area (Å²) < 4.78 is 25.4. The van der Waals surface area contributed by atoms with Crippen LogP contribution in [0.4, 0.5) is 14.5 Å². The van der Waals surface area contributed by atoms with E-state index in [-0.39, 0.29) is 18.4 Å². The topological polar surface area (TPSA) is 80.4 Å². The molecule has 17 heavy (non-hydrogen) atoms. The van der Waals surface area contributed by atoms with Gasteiger partial charge in [0.25, 0.3) is 12.1 Å². The molecule has 5 nitrogen and oxygen atoms in total. The first-order valence-electron chi connectivity index (χ1n) is 4.69. The summed E-state index contributed by atoms with van der Waals surface area (Å²) in [6, 6.07) is 3.52. The Labute approximate surface area is 94.8 Å². The highest BCUT2D eigenvalue weighted by Crippen LogP contribution is 2.32. The molecule has 0 unspecified atom stereocenters. The molecule has 0 amide bonds. The Bertz CT molecular complexity index is 448. The number of nitro groups is 1. The Hall–Kier alpha value is -2.05. The van der Waals surface area contributed by atoms with Crippen molar-refractivity contribution >= 4 is 11.7 Å². The van der Waals surface area contributed by atoms with Crippen LogP contribution in [0.3, 0.4) is 0 Å². The summed E-state index contributed by atoms with van der Waals surface area (Å²) >= 11 is 0. The van der Waals surface area contributed by atoms with Crippen molar-refractivity contribution in [3.63, 3.8) is 0 Å². The van der Waals surface area contributed by atoms with Crippen LogP contribution < -0.4 is 0 Å². The van der Waals surface area contributed by atoms with Crippen LogP contribution in [-0.2, 0) is 11.2 Å². The molecule has 0 bridgehead atoms. The van der Waals surface area contributed by atoms with Gasteiger partial charge in [-0.2, -0.15) is 0 Å². The van der Waals surface area contributed by atoms with E-state index in [9.17, 15) is 23.7 Å². The van der Waals surface area contributed by atoms with Crippen LogP contribution in [0, 0.1) is 10.1 Å². The van der Waals surface area contributed by atoms with Crippen LogP contribution in [0.25, 0.3) is 0 Å². The number of aliphatic carboxylic acids is 1. The molecule has 0 fully saturated rings. The number of aryl methyl sites for hydroxylation is 1. The third-order valence-electron chi connectivity index (χ3n) is 2.20. The van der Waals surface area contributed by atoms with Crippen molar-refractivity contribution in [3.8, 4) is 0 Å². The molecule has 92 valence electrons. The summed E-state index contributed by atoms with van der Waals surface area (Å²) in [7, 11) is 0. The Morgan fingerprint density at radius 3 is 2.59 bits per heavy atom. The van der Waals surface area contributed by atoms with Crippen molar-refractivity contribution < 1.29 is 23.6 Å². The summed E-state index contributed by atoms with van der Waals surface area (Å²) in [5, 5.41) is 19.0. The van der Waals surface area contributed by atoms with E-state index in [2.05, 4.69) is 0 Å². The van der Waals surface area contributed by atoms with Gasteiger partial charge in [0.15, 0.2) is 0 Å². The zero-order valence-corrected chi connectivity index (χ0v) is 8.60. The lowest BCUT2D eigenvalue weighted by Crippen LogP contribution is -2.04. The van der Waals surface area contributed by atoms with Gasteiger partial charge in [0.05, 0.1) is 10.5 Å². The van der Waals surface area contributed by atoms with Gasteiger partial charge in [0.2, 0.25) is 0 Å². The molecule has 0 spiro atoms. The molecule has 0 saturated carbocycles. The zero-order valence-electron chi connectivity index (χ0n) is 8.60. The van der Waals surface area contributed by atoms with Gasteiger partial charge in [-0.05, 0) is 12.0 Å². The van der Waals surface area contributed by atoms with Crippen LogP contribution in [-0.4, -0.2) is 16.0 Å². The van der Waals surface area contributed by atoms with Crippen molar-refractivity contribution in [1.29, 1.82) is 0 Å². The first-order valence-corrected chi connectivity index (χ1v) is 4.69. The first-order chi connectivity index (χ1) is 7.93. The number of halogens is 2. The van der Waals surface area contributed by atoms with Crippen molar-refractivity contribution in [2.45, 2.75) is 19.3 Å². The van der Waals surface area contributed by atoms with Gasteiger partial charge in [0.1, 0.15) is 0 Å². The van der Waals surface area contributed by atoms with Gasteiger partial charge in [-0.1, -0.05) is 12.1 Å². The predicted octanol–water partition coefficient (Wildman–Crippen LogP) is 2.55. The summed E-state index contributed by atoms with van der Waals surface area (Å²) in [4.78, 5) is 20.0. The van der Waals surface area contributed by atoms with Gasteiger partial charge in [-0.3, -0.25) is 14.9 Å². The molecule has 1 aromatic rings. The molecule has 1 N–H and O–H groups in total. The molecular weight excluding hydrogens is 236 g/mol. The Morgan fingerprint density at radius 2 is 2.12 bits per heavy atom. The van der Waals surface area contributed by atoms with Gasteiger partial charge < -0.3 is 5.11 Å². The third kappa shape index (κ3) is 3.20. The van der Waals surface area contributed by atoms with Crippen molar-refractivity contribution in [1.82, 2.24) is 0 Å². The lowest BCUT2D eigenvalue weighted by Gasteiger charge is -2.08. The minimum Gasteiger partial charge on any atom is -0.481 e. The Balaban J connectivity index is 3.15. The van der Waals surface area contributed by atoms with Gasteiger partial charge >= 0.3 is 5.97 Å². The number of rotatable bonds is 5. The van der Waals surface area contributed by atoms with Crippen molar-refractivity contribution in [3.05, 3.63) is 39.4 Å². The van der Waals surface area contributed by atoms with Crippen LogP contribution in [0.5, 0.6) is 0 Å². The van der Waals surface area contributed by atoms with Crippen molar-refractivity contribution in [2.24, 2.45) is 0 Å². The molecule has 1 rings (SSSR count). The molecule has 0 radical (unpaired) electrons. The minimum atomic E-state index is -3.00. The number of hydrogen-bond acceptors (Lipinski definition) is 3. The minimum absolute atomic E-state index is 0.00315. The summed E-state index contributed by atoms with van der Waals surface area (Å²) in [6.45, 7) is 0. The second kappa shape index (κ2) is 5.33. The summed E-state index contributed by atoms with van der Waals surface area (Å²) in [5.41, 5.74) is -1.38. The van der Waals surface area contributed by atoms with Crippen LogP contribution in [0.1, 0.15) is 24.0 Å². The highest BCUT2D eigenvalue weighted by Gasteiger charge is 2.24. The monoisotopic (exact) mass is 245 g/mol. The average Bonchev–Trinajstić information content (AvgIpc) is 2.25. The standard InChI is InChI=1S/C10H9F2NO4/c11-10(12)9-6(4-5-8(14)15)2-1-3-7(9)13(16)17/h1-3,10H,4-5H2,(H,14,15). The zero-order chi connectivity index (χ0) is 13.0. The maximum atomic E-state index is 12.7. The molecule has 0 atom stereocenters. The van der Waals surface area contributed by atoms with E-state index in [0.29, 0.717) is 0 Å². The average molecular weight is 245 g/mol. The lowest BCUT2D eigenvalue weighted by molar-refractivity contribution is -0.386. The maximum Gasteiger partial charge on any atom is 0.303 e. The van der Waals surface area contributed by atoms with E-state index in [1.165, 1.54) is 12.1 Å². The second-order valence-corrected chi connectivity index (χ2v) is 3.30. The number of benzene rings is 1. The normalized spacial score (nSPS) is 10.5. The van der Waals surface area contributed by atoms with E-state index in [0.717, 1.165) is 6.07 Å². The van der Waals surface area contributed by atoms with E-state index >= 15 is 0 Å². The van der Waals surface area contributed by atoms with E-state index < -0.39 is 28.6 Å². The highest BCUT2D eigenvalue weighted by molar-refractivity contribution is 5.67. The second-order valence-electron chi connectivity index (χ2n) is 3.30. The molecular formula is C10H9F2NO4. The van der Waals surface area contributed by atoms with E-state index in [1.54, 1.807) is 0 Å². The molecule has 0 aromatic heterocycles. The number of alkyl halides is 2. The summed E-state index contributed by atoms with van der Waals surface area (Å²) in [6.07, 6.45) is -3.50. The largest absolute Gasteiger partial charge is 0.481 e.